The van der Waals surface area contributed by atoms with Crippen LogP contribution in [0, 0.1) is 21.7 Å². The van der Waals surface area contributed by atoms with E-state index in [4.69, 9.17) is 10.3 Å². The predicted molar refractivity (Wildman–Crippen MR) is 73.3 cm³/mol. The number of halogens is 3. The van der Waals surface area contributed by atoms with E-state index in [0.717, 1.165) is 12.5 Å². The Bertz CT molecular complexity index is 733. The highest BCUT2D eigenvalue weighted by Gasteiger charge is 2.39. The Morgan fingerprint density at radius 1 is 1.36 bits per heavy atom. The normalized spacial score (nSPS) is 15.8. The summed E-state index contributed by atoms with van der Waals surface area (Å²) in [5.41, 5.74) is 4.22. The summed E-state index contributed by atoms with van der Waals surface area (Å²) >= 11 is 0. The summed E-state index contributed by atoms with van der Waals surface area (Å²) in [6, 6.07) is 1.34. The molecule has 1 heterocycles. The molecule has 0 amide bonds. The van der Waals surface area contributed by atoms with Crippen molar-refractivity contribution in [3.8, 4) is 11.5 Å². The maximum atomic E-state index is 13.8. The largest absolute Gasteiger partial charge is 0.334 e. The standard InChI is InChI=1S/C12H10F2N4O3.ClH/c13-8-5-6(18(19)20)4-7(9(8)14)10-16-11(17-21-10)12(15)2-1-3-12;/h4-5H,1-3,15H2;1H. The van der Waals surface area contributed by atoms with E-state index in [9.17, 15) is 18.9 Å². The number of nitrogens with two attached hydrogens (primary N) is 1. The number of nitro groups is 1. The zero-order chi connectivity index (χ0) is 15.2. The molecule has 118 valence electrons. The molecule has 0 saturated heterocycles. The minimum atomic E-state index is -1.36. The lowest BCUT2D eigenvalue weighted by Crippen LogP contribution is -2.44. The van der Waals surface area contributed by atoms with E-state index in [1.54, 1.807) is 0 Å². The molecule has 1 aromatic carbocycles. The summed E-state index contributed by atoms with van der Waals surface area (Å²) in [4.78, 5) is 13.8. The predicted octanol–water partition coefficient (Wildman–Crippen LogP) is 2.68. The molecule has 1 aliphatic carbocycles. The van der Waals surface area contributed by atoms with Gasteiger partial charge in [-0.25, -0.2) is 8.78 Å². The topological polar surface area (TPSA) is 108 Å². The van der Waals surface area contributed by atoms with E-state index in [1.165, 1.54) is 0 Å². The molecule has 2 N–H and O–H groups in total. The summed E-state index contributed by atoms with van der Waals surface area (Å²) in [6.07, 6.45) is 2.25. The van der Waals surface area contributed by atoms with Gasteiger partial charge in [0, 0.05) is 6.07 Å². The van der Waals surface area contributed by atoms with Crippen molar-refractivity contribution in [2.75, 3.05) is 0 Å². The van der Waals surface area contributed by atoms with Crippen molar-refractivity contribution in [2.45, 2.75) is 24.8 Å². The zero-order valence-corrected chi connectivity index (χ0v) is 11.9. The van der Waals surface area contributed by atoms with Crippen LogP contribution < -0.4 is 5.73 Å². The van der Waals surface area contributed by atoms with Crippen molar-refractivity contribution >= 4 is 18.1 Å². The van der Waals surface area contributed by atoms with Gasteiger partial charge < -0.3 is 10.3 Å². The monoisotopic (exact) mass is 332 g/mol. The molecule has 2 aromatic rings. The molecule has 1 fully saturated rings. The maximum Gasteiger partial charge on any atom is 0.273 e. The highest BCUT2D eigenvalue weighted by molar-refractivity contribution is 5.85. The van der Waals surface area contributed by atoms with Crippen LogP contribution in [0.3, 0.4) is 0 Å². The summed E-state index contributed by atoms with van der Waals surface area (Å²) in [5.74, 6) is -2.78. The number of nitro benzene ring substituents is 1. The number of hydrogen-bond donors (Lipinski definition) is 1. The molecule has 22 heavy (non-hydrogen) atoms. The van der Waals surface area contributed by atoms with Gasteiger partial charge in [-0.3, -0.25) is 10.1 Å². The Labute approximate surface area is 129 Å². The Morgan fingerprint density at radius 3 is 2.59 bits per heavy atom. The molecule has 0 atom stereocenters. The van der Waals surface area contributed by atoms with Gasteiger partial charge in [-0.1, -0.05) is 5.16 Å². The molecular weight excluding hydrogens is 322 g/mol. The lowest BCUT2D eigenvalue weighted by molar-refractivity contribution is -0.385. The quantitative estimate of drug-likeness (QED) is 0.683. The van der Waals surface area contributed by atoms with Gasteiger partial charge in [-0.15, -0.1) is 12.4 Å². The second-order valence-corrected chi connectivity index (χ2v) is 4.98. The molecule has 1 aliphatic rings. The van der Waals surface area contributed by atoms with Crippen LogP contribution >= 0.6 is 12.4 Å². The van der Waals surface area contributed by atoms with Gasteiger partial charge >= 0.3 is 0 Å². The van der Waals surface area contributed by atoms with Crippen molar-refractivity contribution in [2.24, 2.45) is 5.73 Å². The minimum absolute atomic E-state index is 0. The SMILES string of the molecule is Cl.NC1(c2noc(-c3cc([N+](=O)[O-])cc(F)c3F)n2)CCC1. The van der Waals surface area contributed by atoms with Gasteiger partial charge in [0.2, 0.25) is 0 Å². The summed E-state index contributed by atoms with van der Waals surface area (Å²) in [6.45, 7) is 0. The first-order chi connectivity index (χ1) is 9.90. The van der Waals surface area contributed by atoms with Crippen molar-refractivity contribution in [3.05, 3.63) is 39.7 Å². The van der Waals surface area contributed by atoms with E-state index < -0.39 is 33.3 Å². The molecule has 0 aliphatic heterocycles. The van der Waals surface area contributed by atoms with Crippen molar-refractivity contribution < 1.29 is 18.2 Å². The lowest BCUT2D eigenvalue weighted by Gasteiger charge is -2.34. The molecule has 1 aromatic heterocycles. The Morgan fingerprint density at radius 2 is 2.05 bits per heavy atom. The Balaban J connectivity index is 0.00000176. The average Bonchev–Trinajstić information content (AvgIpc) is 2.88. The van der Waals surface area contributed by atoms with Crippen LogP contribution in [0.25, 0.3) is 11.5 Å². The smallest absolute Gasteiger partial charge is 0.273 e. The second kappa shape index (κ2) is 5.58. The fourth-order valence-electron chi connectivity index (χ4n) is 2.15. The second-order valence-electron chi connectivity index (χ2n) is 4.98. The van der Waals surface area contributed by atoms with Crippen LogP contribution in [0.4, 0.5) is 14.5 Å². The Kier molecular flexibility index (Phi) is 4.12. The molecule has 3 rings (SSSR count). The molecule has 10 heteroatoms. The van der Waals surface area contributed by atoms with Gasteiger partial charge in [0.15, 0.2) is 17.5 Å². The van der Waals surface area contributed by atoms with Crippen LogP contribution in [0.1, 0.15) is 25.1 Å². The average molecular weight is 333 g/mol. The van der Waals surface area contributed by atoms with E-state index in [-0.39, 0.29) is 24.1 Å². The van der Waals surface area contributed by atoms with Gasteiger partial charge in [0.25, 0.3) is 11.6 Å². The van der Waals surface area contributed by atoms with Crippen molar-refractivity contribution in [3.63, 3.8) is 0 Å². The first-order valence-electron chi connectivity index (χ1n) is 6.17. The van der Waals surface area contributed by atoms with Gasteiger partial charge in [0.05, 0.1) is 22.1 Å². The molecule has 7 nitrogen and oxygen atoms in total. The highest BCUT2D eigenvalue weighted by Crippen LogP contribution is 2.38. The fourth-order valence-corrected chi connectivity index (χ4v) is 2.15. The third kappa shape index (κ3) is 2.53. The first-order valence-corrected chi connectivity index (χ1v) is 6.17. The Hall–Kier alpha value is -2.13. The molecule has 0 radical (unpaired) electrons. The number of hydrogen-bond acceptors (Lipinski definition) is 6. The molecule has 1 saturated carbocycles. The number of aromatic nitrogens is 2. The van der Waals surface area contributed by atoms with E-state index >= 15 is 0 Å². The van der Waals surface area contributed by atoms with E-state index in [0.29, 0.717) is 18.9 Å². The molecule has 0 spiro atoms. The minimum Gasteiger partial charge on any atom is -0.334 e. The number of nitrogens with zero attached hydrogens (tertiary/aromatic N) is 3. The summed E-state index contributed by atoms with van der Waals surface area (Å²) in [7, 11) is 0. The van der Waals surface area contributed by atoms with Crippen LogP contribution in [-0.2, 0) is 5.54 Å². The molecule has 0 bridgehead atoms. The number of benzene rings is 1. The highest BCUT2D eigenvalue weighted by atomic mass is 35.5. The summed E-state index contributed by atoms with van der Waals surface area (Å²) in [5, 5.41) is 14.4. The van der Waals surface area contributed by atoms with Crippen molar-refractivity contribution in [1.82, 2.24) is 10.1 Å². The van der Waals surface area contributed by atoms with Crippen LogP contribution in [0.5, 0.6) is 0 Å². The van der Waals surface area contributed by atoms with Crippen LogP contribution in [0.2, 0.25) is 0 Å². The van der Waals surface area contributed by atoms with Gasteiger partial charge in [-0.05, 0) is 19.3 Å². The third-order valence-electron chi connectivity index (χ3n) is 3.57. The first kappa shape index (κ1) is 16.2. The van der Waals surface area contributed by atoms with E-state index in [2.05, 4.69) is 10.1 Å². The van der Waals surface area contributed by atoms with Gasteiger partial charge in [-0.2, -0.15) is 4.98 Å². The van der Waals surface area contributed by atoms with Gasteiger partial charge in [0.1, 0.15) is 0 Å². The number of rotatable bonds is 3. The third-order valence-corrected chi connectivity index (χ3v) is 3.57. The zero-order valence-electron chi connectivity index (χ0n) is 11.1. The molecular formula is C12H11ClF2N4O3. The van der Waals surface area contributed by atoms with E-state index in [1.807, 2.05) is 0 Å². The van der Waals surface area contributed by atoms with Crippen LogP contribution in [-0.4, -0.2) is 15.1 Å². The van der Waals surface area contributed by atoms with Crippen molar-refractivity contribution in [1.29, 1.82) is 0 Å². The molecule has 0 unspecified atom stereocenters. The van der Waals surface area contributed by atoms with Crippen LogP contribution in [0.15, 0.2) is 16.7 Å². The lowest BCUT2D eigenvalue weighted by atomic mass is 9.77. The summed E-state index contributed by atoms with van der Waals surface area (Å²) < 4.78 is 32.1. The fraction of sp³-hybridized carbons (Fsp3) is 0.333. The number of non-ortho nitro benzene ring substituents is 1. The maximum absolute atomic E-state index is 13.8.